The molecule has 0 aliphatic heterocycles. The van der Waals surface area contributed by atoms with Crippen molar-refractivity contribution in [2.75, 3.05) is 0 Å². The van der Waals surface area contributed by atoms with Crippen LogP contribution in [0.5, 0.6) is 0 Å². The summed E-state index contributed by atoms with van der Waals surface area (Å²) in [6.45, 7) is 0. The van der Waals surface area contributed by atoms with E-state index in [0.29, 0.717) is 17.6 Å². The van der Waals surface area contributed by atoms with Crippen LogP contribution in [0.25, 0.3) is 110 Å². The molecule has 0 radical (unpaired) electrons. The summed E-state index contributed by atoms with van der Waals surface area (Å²) in [6.07, 6.45) is 0. The molecule has 0 aliphatic carbocycles. The SMILES string of the molecule is c1ccc(-c2nc(-c3ccc4c5ccc(-n6c7ccccc7c7ccccc76)cc5c5ccccc5c4c3)nc(-n3c4ccccc4c4ccccc43)n2)cc1. The standard InChI is InChI=1S/C51H31N5/c1-2-14-32(15-3-1)49-52-50(54-51(53-49)56-47-24-12-8-20-41(47)42-21-9-13-25-48(42)56)33-26-28-37-38-29-27-34(31-44(38)36-17-5-4-16-35(36)43(37)30-33)55-45-22-10-6-18-39(45)40-19-7-11-23-46(40)55/h1-31H. The van der Waals surface area contributed by atoms with Crippen LogP contribution in [-0.4, -0.2) is 24.1 Å². The maximum atomic E-state index is 5.25. The molecule has 0 fully saturated rings. The van der Waals surface area contributed by atoms with Crippen molar-refractivity contribution >= 4 is 75.9 Å². The van der Waals surface area contributed by atoms with E-state index in [2.05, 4.69) is 179 Å². The van der Waals surface area contributed by atoms with Gasteiger partial charge in [-0.25, -0.2) is 4.98 Å². The highest BCUT2D eigenvalue weighted by Gasteiger charge is 2.19. The first-order valence-corrected chi connectivity index (χ1v) is 19.0. The highest BCUT2D eigenvalue weighted by atomic mass is 15.2. The summed E-state index contributed by atoms with van der Waals surface area (Å²) < 4.78 is 4.56. The largest absolute Gasteiger partial charge is 0.309 e. The lowest BCUT2D eigenvalue weighted by Crippen LogP contribution is -2.06. The fourth-order valence-electron chi connectivity index (χ4n) is 8.87. The minimum Gasteiger partial charge on any atom is -0.309 e. The number of aromatic nitrogens is 5. The van der Waals surface area contributed by atoms with E-state index in [1.165, 1.54) is 48.7 Å². The van der Waals surface area contributed by atoms with Gasteiger partial charge in [0.05, 0.1) is 22.1 Å². The van der Waals surface area contributed by atoms with Gasteiger partial charge in [0.2, 0.25) is 5.95 Å². The van der Waals surface area contributed by atoms with E-state index in [9.17, 15) is 0 Å². The zero-order valence-electron chi connectivity index (χ0n) is 30.1. The van der Waals surface area contributed by atoms with Crippen molar-refractivity contribution in [1.82, 2.24) is 24.1 Å². The summed E-state index contributed by atoms with van der Waals surface area (Å²) in [5.41, 5.74) is 7.54. The van der Waals surface area contributed by atoms with Gasteiger partial charge in [0.1, 0.15) is 0 Å². The second-order valence-electron chi connectivity index (χ2n) is 14.4. The molecule has 0 unspecified atom stereocenters. The quantitative estimate of drug-likeness (QED) is 0.171. The van der Waals surface area contributed by atoms with E-state index in [1.54, 1.807) is 0 Å². The maximum Gasteiger partial charge on any atom is 0.238 e. The Balaban J connectivity index is 1.09. The van der Waals surface area contributed by atoms with Crippen molar-refractivity contribution < 1.29 is 0 Å². The Bertz CT molecular complexity index is 3410. The molecule has 5 heteroatoms. The molecular weight excluding hydrogens is 683 g/mol. The second-order valence-corrected chi connectivity index (χ2v) is 14.4. The molecule has 12 aromatic rings. The summed E-state index contributed by atoms with van der Waals surface area (Å²) in [7, 11) is 0. The van der Waals surface area contributed by atoms with Crippen molar-refractivity contribution in [3.05, 3.63) is 188 Å². The van der Waals surface area contributed by atoms with Crippen molar-refractivity contribution in [1.29, 1.82) is 0 Å². The van der Waals surface area contributed by atoms with Crippen LogP contribution in [-0.2, 0) is 0 Å². The Hall–Kier alpha value is -7.63. The molecule has 3 heterocycles. The van der Waals surface area contributed by atoms with Gasteiger partial charge >= 0.3 is 0 Å². The Morgan fingerprint density at radius 1 is 0.268 bits per heavy atom. The lowest BCUT2D eigenvalue weighted by Gasteiger charge is -2.15. The smallest absolute Gasteiger partial charge is 0.238 e. The van der Waals surface area contributed by atoms with E-state index >= 15 is 0 Å². The van der Waals surface area contributed by atoms with Crippen LogP contribution in [0.1, 0.15) is 0 Å². The average molecular weight is 714 g/mol. The van der Waals surface area contributed by atoms with Crippen molar-refractivity contribution in [2.45, 2.75) is 0 Å². The van der Waals surface area contributed by atoms with Crippen LogP contribution in [0.15, 0.2) is 188 Å². The highest BCUT2D eigenvalue weighted by molar-refractivity contribution is 6.26. The van der Waals surface area contributed by atoms with Crippen molar-refractivity contribution in [2.24, 2.45) is 0 Å². The third-order valence-corrected chi connectivity index (χ3v) is 11.4. The van der Waals surface area contributed by atoms with Crippen LogP contribution in [0, 0.1) is 0 Å². The topological polar surface area (TPSA) is 48.5 Å². The lowest BCUT2D eigenvalue weighted by molar-refractivity contribution is 0.953. The minimum absolute atomic E-state index is 0.590. The number of nitrogens with zero attached hydrogens (tertiary/aromatic N) is 5. The van der Waals surface area contributed by atoms with Crippen LogP contribution in [0.2, 0.25) is 0 Å². The zero-order valence-corrected chi connectivity index (χ0v) is 30.1. The molecule has 56 heavy (non-hydrogen) atoms. The van der Waals surface area contributed by atoms with Crippen LogP contribution < -0.4 is 0 Å². The first kappa shape index (κ1) is 30.8. The summed E-state index contributed by atoms with van der Waals surface area (Å²) in [6, 6.07) is 66.8. The molecular formula is C51H31N5. The molecule has 0 N–H and O–H groups in total. The van der Waals surface area contributed by atoms with Crippen molar-refractivity contribution in [3.63, 3.8) is 0 Å². The van der Waals surface area contributed by atoms with Gasteiger partial charge in [-0.2, -0.15) is 9.97 Å². The van der Waals surface area contributed by atoms with E-state index < -0.39 is 0 Å². The van der Waals surface area contributed by atoms with Gasteiger partial charge in [0.25, 0.3) is 0 Å². The van der Waals surface area contributed by atoms with Gasteiger partial charge < -0.3 is 4.57 Å². The molecule has 0 saturated carbocycles. The predicted molar refractivity (Wildman–Crippen MR) is 232 cm³/mol. The Morgan fingerprint density at radius 3 is 1.23 bits per heavy atom. The molecule has 9 aromatic carbocycles. The molecule has 0 aliphatic rings. The van der Waals surface area contributed by atoms with Gasteiger partial charge in [-0.3, -0.25) is 4.57 Å². The van der Waals surface area contributed by atoms with Gasteiger partial charge in [-0.05, 0) is 74.8 Å². The zero-order chi connectivity index (χ0) is 36.7. The number of rotatable bonds is 4. The third kappa shape index (κ3) is 4.52. The number of hydrogen-bond donors (Lipinski definition) is 0. The monoisotopic (exact) mass is 713 g/mol. The normalized spacial score (nSPS) is 11.9. The summed E-state index contributed by atoms with van der Waals surface area (Å²) in [4.78, 5) is 15.5. The highest BCUT2D eigenvalue weighted by Crippen LogP contribution is 2.40. The number of hydrogen-bond acceptors (Lipinski definition) is 3. The number of fused-ring (bicyclic) bond motifs is 12. The molecule has 12 rings (SSSR count). The fraction of sp³-hybridized carbons (Fsp3) is 0. The van der Waals surface area contributed by atoms with Crippen LogP contribution >= 0.6 is 0 Å². The summed E-state index contributed by atoms with van der Waals surface area (Å²) >= 11 is 0. The van der Waals surface area contributed by atoms with Gasteiger partial charge in [0, 0.05) is 38.4 Å². The molecule has 5 nitrogen and oxygen atoms in total. The average Bonchev–Trinajstić information content (AvgIpc) is 3.79. The summed E-state index contributed by atoms with van der Waals surface area (Å²) in [5, 5.41) is 12.0. The van der Waals surface area contributed by atoms with Gasteiger partial charge in [0.15, 0.2) is 11.6 Å². The lowest BCUT2D eigenvalue weighted by atomic mass is 9.93. The third-order valence-electron chi connectivity index (χ3n) is 11.4. The summed E-state index contributed by atoms with van der Waals surface area (Å²) in [5.74, 6) is 1.85. The first-order valence-electron chi connectivity index (χ1n) is 19.0. The molecule has 0 amide bonds. The maximum absolute atomic E-state index is 5.25. The molecule has 0 saturated heterocycles. The van der Waals surface area contributed by atoms with E-state index in [4.69, 9.17) is 15.0 Å². The molecule has 3 aromatic heterocycles. The predicted octanol–water partition coefficient (Wildman–Crippen LogP) is 12.9. The number of benzene rings is 9. The molecule has 0 spiro atoms. The van der Waals surface area contributed by atoms with Gasteiger partial charge in [-0.15, -0.1) is 0 Å². The van der Waals surface area contributed by atoms with Crippen LogP contribution in [0.3, 0.4) is 0 Å². The van der Waals surface area contributed by atoms with Crippen LogP contribution in [0.4, 0.5) is 0 Å². The Morgan fingerprint density at radius 2 is 0.679 bits per heavy atom. The van der Waals surface area contributed by atoms with E-state index in [-0.39, 0.29) is 0 Å². The fourth-order valence-corrected chi connectivity index (χ4v) is 8.87. The molecule has 260 valence electrons. The minimum atomic E-state index is 0.590. The number of para-hydroxylation sites is 4. The first-order chi connectivity index (χ1) is 27.8. The van der Waals surface area contributed by atoms with E-state index in [1.807, 2.05) is 18.2 Å². The van der Waals surface area contributed by atoms with E-state index in [0.717, 1.165) is 44.0 Å². The Labute approximate surface area is 321 Å². The molecule has 0 bridgehead atoms. The second kappa shape index (κ2) is 11.9. The molecule has 0 atom stereocenters. The van der Waals surface area contributed by atoms with Gasteiger partial charge in [-0.1, -0.05) is 146 Å². The Kier molecular flexibility index (Phi) is 6.56. The van der Waals surface area contributed by atoms with Crippen molar-refractivity contribution in [3.8, 4) is 34.4 Å².